The average molecular weight is 396 g/mol. The van der Waals surface area contributed by atoms with Crippen LogP contribution in [0.3, 0.4) is 0 Å². The Balaban J connectivity index is 1.54. The molecule has 2 aliphatic heterocycles. The van der Waals surface area contributed by atoms with E-state index in [0.29, 0.717) is 25.6 Å². The van der Waals surface area contributed by atoms with Gasteiger partial charge in [-0.25, -0.2) is 9.79 Å². The number of hydrogen-bond donors (Lipinski definition) is 0. The van der Waals surface area contributed by atoms with E-state index in [2.05, 4.69) is 47.4 Å². The molecule has 28 heavy (non-hydrogen) atoms. The van der Waals surface area contributed by atoms with Crippen LogP contribution in [0, 0.1) is 5.92 Å². The predicted octanol–water partition coefficient (Wildman–Crippen LogP) is 4.64. The van der Waals surface area contributed by atoms with Crippen molar-refractivity contribution < 1.29 is 9.53 Å². The minimum atomic E-state index is -0.211. The van der Waals surface area contributed by atoms with Crippen molar-refractivity contribution >= 4 is 29.4 Å². The van der Waals surface area contributed by atoms with E-state index in [9.17, 15) is 4.79 Å². The summed E-state index contributed by atoms with van der Waals surface area (Å²) in [5.41, 5.74) is 2.15. The number of amidine groups is 1. The van der Waals surface area contributed by atoms with Crippen LogP contribution in [0.15, 0.2) is 63.3 Å². The fourth-order valence-corrected chi connectivity index (χ4v) is 4.36. The zero-order valence-electron chi connectivity index (χ0n) is 16.3. The van der Waals surface area contributed by atoms with E-state index in [0.717, 1.165) is 30.2 Å². The molecule has 0 N–H and O–H groups in total. The number of ether oxygens (including phenoxy) is 1. The van der Waals surface area contributed by atoms with E-state index in [4.69, 9.17) is 9.73 Å². The third-order valence-electron chi connectivity index (χ3n) is 4.82. The molecule has 0 atom stereocenters. The molecular weight excluding hydrogens is 370 g/mol. The first-order valence-corrected chi connectivity index (χ1v) is 10.5. The summed E-state index contributed by atoms with van der Waals surface area (Å²) in [6.07, 6.45) is -0.211. The van der Waals surface area contributed by atoms with Crippen molar-refractivity contribution in [3.8, 4) is 0 Å². The second-order valence-electron chi connectivity index (χ2n) is 7.45. The molecule has 1 amide bonds. The largest absolute Gasteiger partial charge is 0.449 e. The van der Waals surface area contributed by atoms with Gasteiger partial charge in [0.2, 0.25) is 0 Å². The molecule has 1 fully saturated rings. The van der Waals surface area contributed by atoms with Gasteiger partial charge in [0.05, 0.1) is 12.3 Å². The van der Waals surface area contributed by atoms with E-state index in [1.165, 1.54) is 9.79 Å². The summed E-state index contributed by atoms with van der Waals surface area (Å²) in [6, 6.07) is 16.7. The zero-order valence-corrected chi connectivity index (χ0v) is 17.1. The number of aliphatic imine (C=N–C) groups is 1. The Kier molecular flexibility index (Phi) is 5.57. The van der Waals surface area contributed by atoms with Crippen molar-refractivity contribution in [3.05, 3.63) is 54.1 Å². The van der Waals surface area contributed by atoms with Crippen molar-refractivity contribution in [3.63, 3.8) is 0 Å². The van der Waals surface area contributed by atoms with Crippen molar-refractivity contribution in [2.75, 3.05) is 32.8 Å². The molecule has 0 spiro atoms. The third-order valence-corrected chi connectivity index (χ3v) is 5.96. The van der Waals surface area contributed by atoms with Crippen molar-refractivity contribution in [1.82, 2.24) is 9.80 Å². The summed E-state index contributed by atoms with van der Waals surface area (Å²) < 4.78 is 5.38. The summed E-state index contributed by atoms with van der Waals surface area (Å²) in [5, 5.41) is 0. The van der Waals surface area contributed by atoms with Crippen molar-refractivity contribution in [1.29, 1.82) is 0 Å². The predicted molar refractivity (Wildman–Crippen MR) is 113 cm³/mol. The number of nitrogens with zero attached hydrogens (tertiary/aromatic N) is 3. The third kappa shape index (κ3) is 4.02. The second-order valence-corrected chi connectivity index (χ2v) is 8.53. The zero-order chi connectivity index (χ0) is 19.5. The van der Waals surface area contributed by atoms with Gasteiger partial charge in [0.15, 0.2) is 0 Å². The Morgan fingerprint density at radius 3 is 2.46 bits per heavy atom. The summed E-state index contributed by atoms with van der Waals surface area (Å²) >= 11 is 1.76. The quantitative estimate of drug-likeness (QED) is 0.743. The van der Waals surface area contributed by atoms with E-state index >= 15 is 0 Å². The normalized spacial score (nSPS) is 16.2. The maximum atomic E-state index is 12.3. The summed E-state index contributed by atoms with van der Waals surface area (Å²) in [4.78, 5) is 23.7. The molecule has 5 nitrogen and oxygen atoms in total. The topological polar surface area (TPSA) is 45.1 Å². The number of piperazine rings is 1. The van der Waals surface area contributed by atoms with Crippen LogP contribution in [-0.2, 0) is 4.74 Å². The first-order valence-electron chi connectivity index (χ1n) is 9.73. The lowest BCUT2D eigenvalue weighted by Gasteiger charge is -2.36. The molecule has 0 bridgehead atoms. The van der Waals surface area contributed by atoms with Crippen LogP contribution < -0.4 is 0 Å². The molecule has 6 heteroatoms. The Bertz CT molecular complexity index is 889. The Morgan fingerprint density at radius 1 is 1.04 bits per heavy atom. The Morgan fingerprint density at radius 2 is 1.71 bits per heavy atom. The fraction of sp³-hybridized carbons (Fsp3) is 0.364. The van der Waals surface area contributed by atoms with Crippen LogP contribution in [0.25, 0.3) is 0 Å². The minimum Gasteiger partial charge on any atom is -0.449 e. The number of amides is 1. The van der Waals surface area contributed by atoms with Gasteiger partial charge in [-0.1, -0.05) is 55.9 Å². The number of fused-ring (bicyclic) bond motifs is 2. The molecule has 0 radical (unpaired) electrons. The van der Waals surface area contributed by atoms with Gasteiger partial charge in [-0.05, 0) is 24.1 Å². The van der Waals surface area contributed by atoms with Gasteiger partial charge < -0.3 is 14.5 Å². The fourth-order valence-electron chi connectivity index (χ4n) is 3.34. The number of para-hydroxylation sites is 1. The molecule has 1 saturated heterocycles. The maximum absolute atomic E-state index is 12.3. The average Bonchev–Trinajstić information content (AvgIpc) is 2.89. The SMILES string of the molecule is CC(C)COC(=O)N1CCN(C2=Nc3ccccc3Sc3ccccc32)CC1. The van der Waals surface area contributed by atoms with Gasteiger partial charge in [0.25, 0.3) is 0 Å². The molecular formula is C22H25N3O2S. The standard InChI is InChI=1S/C22H25N3O2S/c1-16(2)15-27-22(26)25-13-11-24(12-14-25)21-17-7-3-5-9-19(17)28-20-10-6-4-8-18(20)23-21/h3-10,16H,11-15H2,1-2H3. The van der Waals surface area contributed by atoms with Gasteiger partial charge in [-0.2, -0.15) is 0 Å². The van der Waals surface area contributed by atoms with Gasteiger partial charge >= 0.3 is 6.09 Å². The molecule has 146 valence electrons. The molecule has 2 aromatic carbocycles. The van der Waals surface area contributed by atoms with E-state index in [1.54, 1.807) is 16.7 Å². The molecule has 0 aromatic heterocycles. The van der Waals surface area contributed by atoms with Gasteiger partial charge in [0.1, 0.15) is 5.84 Å². The summed E-state index contributed by atoms with van der Waals surface area (Å²) in [5.74, 6) is 1.34. The van der Waals surface area contributed by atoms with Gasteiger partial charge in [0, 0.05) is 41.5 Å². The first-order chi connectivity index (χ1) is 13.6. The number of hydrogen-bond acceptors (Lipinski definition) is 5. The molecule has 0 aliphatic carbocycles. The Labute approximate surface area is 170 Å². The van der Waals surface area contributed by atoms with E-state index < -0.39 is 0 Å². The highest BCUT2D eigenvalue weighted by Gasteiger charge is 2.27. The number of rotatable bonds is 2. The maximum Gasteiger partial charge on any atom is 0.409 e. The van der Waals surface area contributed by atoms with Crippen LogP contribution in [0.5, 0.6) is 0 Å². The van der Waals surface area contributed by atoms with Crippen LogP contribution in [0.2, 0.25) is 0 Å². The van der Waals surface area contributed by atoms with Gasteiger partial charge in [-0.15, -0.1) is 0 Å². The lowest BCUT2D eigenvalue weighted by atomic mass is 10.1. The molecule has 4 rings (SSSR count). The van der Waals surface area contributed by atoms with E-state index in [-0.39, 0.29) is 6.09 Å². The summed E-state index contributed by atoms with van der Waals surface area (Å²) in [7, 11) is 0. The lowest BCUT2D eigenvalue weighted by Crippen LogP contribution is -2.51. The van der Waals surface area contributed by atoms with Crippen LogP contribution in [-0.4, -0.2) is 54.5 Å². The highest BCUT2D eigenvalue weighted by atomic mass is 32.2. The molecule has 0 saturated carbocycles. The van der Waals surface area contributed by atoms with E-state index in [1.807, 2.05) is 19.9 Å². The molecule has 2 heterocycles. The van der Waals surface area contributed by atoms with Crippen LogP contribution >= 0.6 is 11.8 Å². The van der Waals surface area contributed by atoms with Gasteiger partial charge in [-0.3, -0.25) is 0 Å². The van der Waals surface area contributed by atoms with Crippen LogP contribution in [0.4, 0.5) is 10.5 Å². The Hall–Kier alpha value is -2.47. The number of carbonyl (C=O) groups excluding carboxylic acids is 1. The van der Waals surface area contributed by atoms with Crippen molar-refractivity contribution in [2.45, 2.75) is 23.6 Å². The molecule has 2 aliphatic rings. The first kappa shape index (κ1) is 18.9. The number of benzene rings is 2. The highest BCUT2D eigenvalue weighted by molar-refractivity contribution is 7.99. The minimum absolute atomic E-state index is 0.211. The monoisotopic (exact) mass is 395 g/mol. The molecule has 0 unspecified atom stereocenters. The van der Waals surface area contributed by atoms with Crippen LogP contribution in [0.1, 0.15) is 19.4 Å². The van der Waals surface area contributed by atoms with Crippen molar-refractivity contribution in [2.24, 2.45) is 10.9 Å². The lowest BCUT2D eigenvalue weighted by molar-refractivity contribution is 0.0793. The summed E-state index contributed by atoms with van der Waals surface area (Å²) in [6.45, 7) is 7.34. The second kappa shape index (κ2) is 8.27. The highest BCUT2D eigenvalue weighted by Crippen LogP contribution is 2.40. The molecule has 2 aromatic rings. The smallest absolute Gasteiger partial charge is 0.409 e. The number of carbonyl (C=O) groups is 1.